The first-order valence-electron chi connectivity index (χ1n) is 5.87. The summed E-state index contributed by atoms with van der Waals surface area (Å²) in [6.45, 7) is 0. The van der Waals surface area contributed by atoms with E-state index in [1.807, 2.05) is 12.1 Å². The molecule has 86 valence electrons. The van der Waals surface area contributed by atoms with Crippen LogP contribution in [-0.4, -0.2) is 10.8 Å². The molecule has 1 aliphatic carbocycles. The van der Waals surface area contributed by atoms with Crippen LogP contribution >= 0.6 is 11.3 Å². The zero-order valence-electron chi connectivity index (χ0n) is 9.43. The highest BCUT2D eigenvalue weighted by atomic mass is 32.1. The Hall–Kier alpha value is -1.48. The summed E-state index contributed by atoms with van der Waals surface area (Å²) in [5.41, 5.74) is 2.03. The average Bonchev–Trinajstić information content (AvgIpc) is 2.87. The number of nitrogens with zero attached hydrogens (tertiary/aromatic N) is 1. The lowest BCUT2D eigenvalue weighted by Crippen LogP contribution is -2.17. The van der Waals surface area contributed by atoms with E-state index in [0.717, 1.165) is 24.8 Å². The molecule has 0 aromatic carbocycles. The molecule has 0 spiro atoms. The molecule has 0 bridgehead atoms. The number of thiophene rings is 1. The number of fused-ring (bicyclic) bond motifs is 1. The zero-order valence-corrected chi connectivity index (χ0v) is 10.2. The van der Waals surface area contributed by atoms with E-state index in [2.05, 4.69) is 16.4 Å². The molecular weight excluding hydrogens is 230 g/mol. The third-order valence-corrected chi connectivity index (χ3v) is 4.33. The highest BCUT2D eigenvalue weighted by Crippen LogP contribution is 2.36. The Morgan fingerprint density at radius 2 is 2.12 bits per heavy atom. The van der Waals surface area contributed by atoms with E-state index in [4.69, 9.17) is 0 Å². The van der Waals surface area contributed by atoms with Crippen LogP contribution in [0.25, 0.3) is 0 Å². The minimum Gasteiger partial charge on any atom is -0.293 e. The van der Waals surface area contributed by atoms with Crippen molar-refractivity contribution in [2.75, 3.05) is 0 Å². The summed E-state index contributed by atoms with van der Waals surface area (Å²) in [4.78, 5) is 17.8. The standard InChI is InChI=1S/C14H13NOS/c16-14(10-4-7-15-8-5-10)12-2-1-3-13-11(12)6-9-17-13/h4-9,12H,1-3H2. The number of Topliss-reactive ketones (excluding diaryl/α,β-unsaturated/α-hetero) is 1. The van der Waals surface area contributed by atoms with Crippen LogP contribution in [0.3, 0.4) is 0 Å². The van der Waals surface area contributed by atoms with Crippen molar-refractivity contribution in [2.45, 2.75) is 25.2 Å². The van der Waals surface area contributed by atoms with Crippen LogP contribution in [0.1, 0.15) is 39.6 Å². The molecule has 2 nitrogen and oxygen atoms in total. The van der Waals surface area contributed by atoms with Gasteiger partial charge in [0.2, 0.25) is 0 Å². The summed E-state index contributed by atoms with van der Waals surface area (Å²) in [6, 6.07) is 5.73. The van der Waals surface area contributed by atoms with Crippen molar-refractivity contribution in [3.8, 4) is 0 Å². The highest BCUT2D eigenvalue weighted by molar-refractivity contribution is 7.10. The van der Waals surface area contributed by atoms with Gasteiger partial charge in [-0.3, -0.25) is 9.78 Å². The van der Waals surface area contributed by atoms with Gasteiger partial charge in [-0.15, -0.1) is 11.3 Å². The average molecular weight is 243 g/mol. The Labute approximate surface area is 104 Å². The molecule has 0 saturated carbocycles. The van der Waals surface area contributed by atoms with Gasteiger partial charge in [-0.2, -0.15) is 0 Å². The molecule has 0 fully saturated rings. The zero-order chi connectivity index (χ0) is 11.7. The third-order valence-electron chi connectivity index (χ3n) is 3.33. The van der Waals surface area contributed by atoms with Crippen molar-refractivity contribution >= 4 is 17.1 Å². The first-order valence-corrected chi connectivity index (χ1v) is 6.75. The van der Waals surface area contributed by atoms with E-state index in [1.54, 1.807) is 23.7 Å². The van der Waals surface area contributed by atoms with Gasteiger partial charge in [0.15, 0.2) is 5.78 Å². The topological polar surface area (TPSA) is 30.0 Å². The molecule has 0 amide bonds. The van der Waals surface area contributed by atoms with Gasteiger partial charge in [-0.05, 0) is 48.4 Å². The van der Waals surface area contributed by atoms with Crippen molar-refractivity contribution in [1.29, 1.82) is 0 Å². The predicted molar refractivity (Wildman–Crippen MR) is 68.6 cm³/mol. The van der Waals surface area contributed by atoms with Crippen LogP contribution < -0.4 is 0 Å². The van der Waals surface area contributed by atoms with Gasteiger partial charge in [0, 0.05) is 28.8 Å². The van der Waals surface area contributed by atoms with Crippen LogP contribution in [0.5, 0.6) is 0 Å². The fourth-order valence-corrected chi connectivity index (χ4v) is 3.46. The number of rotatable bonds is 2. The minimum absolute atomic E-state index is 0.0624. The Balaban J connectivity index is 1.95. The number of pyridine rings is 1. The van der Waals surface area contributed by atoms with Crippen LogP contribution in [0, 0.1) is 0 Å². The minimum atomic E-state index is 0.0624. The van der Waals surface area contributed by atoms with Gasteiger partial charge in [0.25, 0.3) is 0 Å². The molecule has 2 aromatic rings. The number of carbonyl (C=O) groups excluding carboxylic acids is 1. The van der Waals surface area contributed by atoms with Gasteiger partial charge in [0.05, 0.1) is 0 Å². The molecule has 3 rings (SSSR count). The Morgan fingerprint density at radius 1 is 1.29 bits per heavy atom. The van der Waals surface area contributed by atoms with E-state index in [0.29, 0.717) is 0 Å². The second-order valence-electron chi connectivity index (χ2n) is 4.34. The fraction of sp³-hybridized carbons (Fsp3) is 0.286. The van der Waals surface area contributed by atoms with Crippen LogP contribution in [-0.2, 0) is 6.42 Å². The van der Waals surface area contributed by atoms with Gasteiger partial charge in [-0.25, -0.2) is 0 Å². The molecule has 0 N–H and O–H groups in total. The largest absolute Gasteiger partial charge is 0.293 e. The summed E-state index contributed by atoms with van der Waals surface area (Å²) in [5.74, 6) is 0.305. The first-order chi connectivity index (χ1) is 8.36. The summed E-state index contributed by atoms with van der Waals surface area (Å²) in [6.07, 6.45) is 6.60. The lowest BCUT2D eigenvalue weighted by molar-refractivity contribution is 0.0951. The van der Waals surface area contributed by atoms with E-state index < -0.39 is 0 Å². The van der Waals surface area contributed by atoms with E-state index >= 15 is 0 Å². The molecule has 3 heteroatoms. The van der Waals surface area contributed by atoms with Crippen LogP contribution in [0.15, 0.2) is 36.0 Å². The van der Waals surface area contributed by atoms with Crippen molar-refractivity contribution < 1.29 is 4.79 Å². The second-order valence-corrected chi connectivity index (χ2v) is 5.34. The van der Waals surface area contributed by atoms with E-state index in [1.165, 1.54) is 10.4 Å². The number of hydrogen-bond donors (Lipinski definition) is 0. The molecule has 1 unspecified atom stereocenters. The number of aryl methyl sites for hydroxylation is 1. The number of ketones is 1. The molecule has 1 atom stereocenters. The molecule has 1 aliphatic rings. The molecule has 2 aromatic heterocycles. The van der Waals surface area contributed by atoms with Crippen molar-refractivity contribution in [2.24, 2.45) is 0 Å². The second kappa shape index (κ2) is 4.41. The third kappa shape index (κ3) is 1.91. The normalized spacial score (nSPS) is 18.7. The Bertz CT molecular complexity index is 532. The highest BCUT2D eigenvalue weighted by Gasteiger charge is 2.27. The number of hydrogen-bond acceptors (Lipinski definition) is 3. The fourth-order valence-electron chi connectivity index (χ4n) is 2.48. The maximum Gasteiger partial charge on any atom is 0.170 e. The summed E-state index contributed by atoms with van der Waals surface area (Å²) in [5, 5.41) is 2.10. The lowest BCUT2D eigenvalue weighted by Gasteiger charge is -2.21. The maximum absolute atomic E-state index is 12.4. The quantitative estimate of drug-likeness (QED) is 0.756. The smallest absolute Gasteiger partial charge is 0.170 e. The van der Waals surface area contributed by atoms with E-state index in [-0.39, 0.29) is 11.7 Å². The summed E-state index contributed by atoms with van der Waals surface area (Å²) >= 11 is 1.78. The molecule has 17 heavy (non-hydrogen) atoms. The van der Waals surface area contributed by atoms with Gasteiger partial charge >= 0.3 is 0 Å². The van der Waals surface area contributed by atoms with Crippen LogP contribution in [0.2, 0.25) is 0 Å². The monoisotopic (exact) mass is 243 g/mol. The SMILES string of the molecule is O=C(c1ccncc1)C1CCCc2sccc21. The van der Waals surface area contributed by atoms with Crippen molar-refractivity contribution in [1.82, 2.24) is 4.98 Å². The molecule has 0 radical (unpaired) electrons. The van der Waals surface area contributed by atoms with Crippen molar-refractivity contribution in [3.05, 3.63) is 52.0 Å². The van der Waals surface area contributed by atoms with Crippen LogP contribution in [0.4, 0.5) is 0 Å². The van der Waals surface area contributed by atoms with Gasteiger partial charge < -0.3 is 0 Å². The Kier molecular flexibility index (Phi) is 2.77. The first kappa shape index (κ1) is 10.7. The molecule has 2 heterocycles. The predicted octanol–water partition coefficient (Wildman–Crippen LogP) is 3.45. The molecule has 0 saturated heterocycles. The van der Waals surface area contributed by atoms with Gasteiger partial charge in [-0.1, -0.05) is 0 Å². The Morgan fingerprint density at radius 3 is 2.94 bits per heavy atom. The number of aromatic nitrogens is 1. The lowest BCUT2D eigenvalue weighted by atomic mass is 9.83. The summed E-state index contributed by atoms with van der Waals surface area (Å²) in [7, 11) is 0. The molecule has 0 aliphatic heterocycles. The van der Waals surface area contributed by atoms with E-state index in [9.17, 15) is 4.79 Å². The number of carbonyl (C=O) groups is 1. The molecular formula is C14H13NOS. The van der Waals surface area contributed by atoms with Gasteiger partial charge in [0.1, 0.15) is 0 Å². The van der Waals surface area contributed by atoms with Crippen molar-refractivity contribution in [3.63, 3.8) is 0 Å². The maximum atomic E-state index is 12.4. The summed E-state index contributed by atoms with van der Waals surface area (Å²) < 4.78 is 0.